The number of hydrogen-bond acceptors (Lipinski definition) is 5. The van der Waals surface area contributed by atoms with Gasteiger partial charge in [0.25, 0.3) is 0 Å². The van der Waals surface area contributed by atoms with Gasteiger partial charge in [0.2, 0.25) is 5.91 Å². The molecule has 3 atom stereocenters. The fourth-order valence-electron chi connectivity index (χ4n) is 3.45. The van der Waals surface area contributed by atoms with Gasteiger partial charge in [-0.2, -0.15) is 0 Å². The largest absolute Gasteiger partial charge is 0.480 e. The number of carboxylic acid groups (broad SMARTS) is 1. The van der Waals surface area contributed by atoms with Gasteiger partial charge in [-0.15, -0.1) is 0 Å². The minimum absolute atomic E-state index is 0.205. The highest BCUT2D eigenvalue weighted by Gasteiger charge is 2.36. The molecule has 0 radical (unpaired) electrons. The second-order valence-corrected chi connectivity index (χ2v) is 7.71. The first kappa shape index (κ1) is 23.2. The molecule has 2 unspecified atom stereocenters. The van der Waals surface area contributed by atoms with Crippen LogP contribution in [0.4, 0.5) is 0 Å². The normalized spacial score (nSPS) is 14.1. The molecular weight excluding hydrogens is 384 g/mol. The number of nitrogens with two attached hydrogens (primary N) is 1. The maximum Gasteiger partial charge on any atom is 0.321 e. The van der Waals surface area contributed by atoms with Crippen LogP contribution in [0.2, 0.25) is 0 Å². The van der Waals surface area contributed by atoms with Gasteiger partial charge in [-0.25, -0.2) is 0 Å². The number of carboxylic acids is 1. The van der Waals surface area contributed by atoms with Crippen LogP contribution >= 0.6 is 0 Å². The van der Waals surface area contributed by atoms with Gasteiger partial charge in [0, 0.05) is 6.42 Å². The summed E-state index contributed by atoms with van der Waals surface area (Å²) in [6.45, 7) is 3.43. The molecule has 0 bridgehead atoms. The lowest BCUT2D eigenvalue weighted by Crippen LogP contribution is -2.52. The number of fused-ring (bicyclic) bond motifs is 1. The third-order valence-electron chi connectivity index (χ3n) is 5.17. The summed E-state index contributed by atoms with van der Waals surface area (Å²) in [6.07, 6.45) is 1.74. The van der Waals surface area contributed by atoms with Gasteiger partial charge >= 0.3 is 5.97 Å². The van der Waals surface area contributed by atoms with Crippen LogP contribution in [0.15, 0.2) is 42.5 Å². The fourth-order valence-corrected chi connectivity index (χ4v) is 3.45. The molecule has 0 fully saturated rings. The van der Waals surface area contributed by atoms with E-state index in [2.05, 4.69) is 5.32 Å². The molecule has 0 saturated heterocycles. The van der Waals surface area contributed by atoms with Crippen molar-refractivity contribution >= 4 is 34.7 Å². The molecule has 30 heavy (non-hydrogen) atoms. The second kappa shape index (κ2) is 10.6. The molecule has 0 aliphatic rings. The number of rotatable bonds is 11. The Labute approximate surface area is 175 Å². The first-order valence-electron chi connectivity index (χ1n) is 9.99. The van der Waals surface area contributed by atoms with Gasteiger partial charge in [-0.1, -0.05) is 56.3 Å². The highest BCUT2D eigenvalue weighted by molar-refractivity contribution is 6.02. The van der Waals surface area contributed by atoms with Crippen molar-refractivity contribution < 1.29 is 24.3 Å². The van der Waals surface area contributed by atoms with E-state index < -0.39 is 29.8 Å². The number of aryl methyl sites for hydroxylation is 1. The molecule has 0 aliphatic heterocycles. The summed E-state index contributed by atoms with van der Waals surface area (Å²) in [7, 11) is 0. The summed E-state index contributed by atoms with van der Waals surface area (Å²) in [5.41, 5.74) is 6.61. The Bertz CT molecular complexity index is 919. The SMILES string of the molecule is CC(C)[C@H](NC(=O)CCCc1cccc2ccccc12)C(=O)C(C=O)C(N)C(=O)O. The lowest BCUT2D eigenvalue weighted by atomic mass is 9.87. The van der Waals surface area contributed by atoms with Crippen molar-refractivity contribution in [2.45, 2.75) is 45.2 Å². The molecule has 0 aromatic heterocycles. The zero-order chi connectivity index (χ0) is 22.3. The van der Waals surface area contributed by atoms with Crippen LogP contribution in [0.25, 0.3) is 10.8 Å². The summed E-state index contributed by atoms with van der Waals surface area (Å²) in [5, 5.41) is 13.9. The van der Waals surface area contributed by atoms with E-state index in [1.807, 2.05) is 42.5 Å². The standard InChI is InChI=1S/C23H28N2O5/c1-14(2)21(22(28)18(13-26)20(24)23(29)30)25-19(27)12-6-10-16-9-5-8-15-7-3-4-11-17(15)16/h3-5,7-9,11,13-14,18,20-21H,6,10,12,24H2,1-2H3,(H,25,27)(H,29,30)/t18?,20?,21-/m0/s1. The van der Waals surface area contributed by atoms with Crippen molar-refractivity contribution in [1.29, 1.82) is 0 Å². The molecule has 1 amide bonds. The molecule has 2 aromatic rings. The average Bonchev–Trinajstić information content (AvgIpc) is 2.72. The minimum Gasteiger partial charge on any atom is -0.480 e. The summed E-state index contributed by atoms with van der Waals surface area (Å²) in [4.78, 5) is 47.4. The Morgan fingerprint density at radius 3 is 2.40 bits per heavy atom. The number of aliphatic carboxylic acids is 1. The molecule has 0 spiro atoms. The molecule has 160 valence electrons. The van der Waals surface area contributed by atoms with E-state index in [0.717, 1.165) is 16.3 Å². The average molecular weight is 412 g/mol. The third-order valence-corrected chi connectivity index (χ3v) is 5.17. The van der Waals surface area contributed by atoms with Crippen molar-refractivity contribution in [3.63, 3.8) is 0 Å². The van der Waals surface area contributed by atoms with Crippen molar-refractivity contribution in [2.24, 2.45) is 17.6 Å². The van der Waals surface area contributed by atoms with Gasteiger partial charge in [0.15, 0.2) is 5.78 Å². The van der Waals surface area contributed by atoms with Crippen LogP contribution < -0.4 is 11.1 Å². The Morgan fingerprint density at radius 1 is 1.10 bits per heavy atom. The molecule has 2 aromatic carbocycles. The Kier molecular flexibility index (Phi) is 8.24. The van der Waals surface area contributed by atoms with Crippen molar-refractivity contribution in [1.82, 2.24) is 5.32 Å². The first-order valence-corrected chi connectivity index (χ1v) is 9.99. The monoisotopic (exact) mass is 412 g/mol. The van der Waals surface area contributed by atoms with E-state index in [-0.39, 0.29) is 24.5 Å². The molecule has 0 saturated carbocycles. The van der Waals surface area contributed by atoms with Crippen LogP contribution in [0.1, 0.15) is 32.3 Å². The van der Waals surface area contributed by atoms with Gasteiger partial charge in [-0.05, 0) is 35.1 Å². The first-order chi connectivity index (χ1) is 14.3. The maximum atomic E-state index is 12.6. The van der Waals surface area contributed by atoms with E-state index in [0.29, 0.717) is 12.8 Å². The number of nitrogens with one attached hydrogen (secondary N) is 1. The molecule has 7 nitrogen and oxygen atoms in total. The van der Waals surface area contributed by atoms with Gasteiger partial charge in [0.1, 0.15) is 18.2 Å². The minimum atomic E-state index is -1.64. The zero-order valence-electron chi connectivity index (χ0n) is 17.2. The Balaban J connectivity index is 1.99. The van der Waals surface area contributed by atoms with Gasteiger partial charge in [0.05, 0.1) is 6.04 Å². The van der Waals surface area contributed by atoms with E-state index in [9.17, 15) is 19.2 Å². The van der Waals surface area contributed by atoms with E-state index in [1.165, 1.54) is 0 Å². The summed E-state index contributed by atoms with van der Waals surface area (Å²) in [5.74, 6) is -4.27. The summed E-state index contributed by atoms with van der Waals surface area (Å²) in [6, 6.07) is 11.5. The number of carbonyl (C=O) groups is 4. The number of ketones is 1. The van der Waals surface area contributed by atoms with Crippen LogP contribution in [-0.4, -0.2) is 41.1 Å². The van der Waals surface area contributed by atoms with Crippen LogP contribution in [0.3, 0.4) is 0 Å². The molecule has 7 heteroatoms. The van der Waals surface area contributed by atoms with Crippen molar-refractivity contribution in [2.75, 3.05) is 0 Å². The lowest BCUT2D eigenvalue weighted by Gasteiger charge is -2.25. The smallest absolute Gasteiger partial charge is 0.321 e. The molecule has 0 heterocycles. The number of hydrogen-bond donors (Lipinski definition) is 3. The quantitative estimate of drug-likeness (QED) is 0.383. The summed E-state index contributed by atoms with van der Waals surface area (Å²) >= 11 is 0. The lowest BCUT2D eigenvalue weighted by molar-refractivity contribution is -0.145. The molecule has 2 rings (SSSR count). The number of aldehydes is 1. The van der Waals surface area contributed by atoms with Crippen LogP contribution in [0, 0.1) is 11.8 Å². The predicted molar refractivity (Wildman–Crippen MR) is 114 cm³/mol. The topological polar surface area (TPSA) is 127 Å². The van der Waals surface area contributed by atoms with E-state index in [1.54, 1.807) is 13.8 Å². The second-order valence-electron chi connectivity index (χ2n) is 7.71. The number of benzene rings is 2. The third kappa shape index (κ3) is 5.73. The summed E-state index contributed by atoms with van der Waals surface area (Å²) < 4.78 is 0. The van der Waals surface area contributed by atoms with Gasteiger partial charge in [-0.3, -0.25) is 14.4 Å². The van der Waals surface area contributed by atoms with E-state index in [4.69, 9.17) is 10.8 Å². The Hall–Kier alpha value is -3.06. The molecular formula is C23H28N2O5. The number of Topliss-reactive ketones (excluding diaryl/α,β-unsaturated/α-hetero) is 1. The predicted octanol–water partition coefficient (Wildman–Crippen LogP) is 2.10. The van der Waals surface area contributed by atoms with Crippen molar-refractivity contribution in [3.05, 3.63) is 48.0 Å². The highest BCUT2D eigenvalue weighted by atomic mass is 16.4. The van der Waals surface area contributed by atoms with Crippen LogP contribution in [0.5, 0.6) is 0 Å². The number of carbonyl (C=O) groups excluding carboxylic acids is 3. The van der Waals surface area contributed by atoms with Crippen LogP contribution in [-0.2, 0) is 25.6 Å². The van der Waals surface area contributed by atoms with Crippen molar-refractivity contribution in [3.8, 4) is 0 Å². The molecule has 0 aliphatic carbocycles. The van der Waals surface area contributed by atoms with Gasteiger partial charge < -0.3 is 21.0 Å². The highest BCUT2D eigenvalue weighted by Crippen LogP contribution is 2.20. The van der Waals surface area contributed by atoms with E-state index >= 15 is 0 Å². The number of amides is 1. The maximum absolute atomic E-state index is 12.6. The zero-order valence-corrected chi connectivity index (χ0v) is 17.2. The molecule has 4 N–H and O–H groups in total. The fraction of sp³-hybridized carbons (Fsp3) is 0.391. The Morgan fingerprint density at radius 2 is 1.77 bits per heavy atom.